The highest BCUT2D eigenvalue weighted by Gasteiger charge is 2.36. The topological polar surface area (TPSA) is 75.4 Å². The quantitative estimate of drug-likeness (QED) is 0.779. The van der Waals surface area contributed by atoms with Crippen LogP contribution in [0.4, 0.5) is 5.82 Å². The summed E-state index contributed by atoms with van der Waals surface area (Å²) < 4.78 is 1.45. The summed E-state index contributed by atoms with van der Waals surface area (Å²) >= 11 is 0. The van der Waals surface area contributed by atoms with Crippen LogP contribution in [-0.2, 0) is 11.8 Å². The molecule has 1 saturated heterocycles. The van der Waals surface area contributed by atoms with Crippen molar-refractivity contribution in [1.29, 1.82) is 0 Å². The van der Waals surface area contributed by atoms with E-state index in [1.807, 2.05) is 6.92 Å². The van der Waals surface area contributed by atoms with Crippen LogP contribution in [0.2, 0.25) is 0 Å². The predicted octanol–water partition coefficient (Wildman–Crippen LogP) is -0.0628. The SMILES string of the molecule is C[C@@H]1CN(c2nccn(C)c2=O)C[C@H]1C(=O)O. The van der Waals surface area contributed by atoms with E-state index in [1.165, 1.54) is 4.57 Å². The smallest absolute Gasteiger partial charge is 0.308 e. The zero-order chi connectivity index (χ0) is 12.6. The van der Waals surface area contributed by atoms with Gasteiger partial charge in [-0.15, -0.1) is 0 Å². The van der Waals surface area contributed by atoms with E-state index in [-0.39, 0.29) is 11.5 Å². The zero-order valence-electron chi connectivity index (χ0n) is 9.83. The van der Waals surface area contributed by atoms with Crippen LogP contribution in [0.5, 0.6) is 0 Å². The zero-order valence-corrected chi connectivity index (χ0v) is 9.83. The second kappa shape index (κ2) is 4.20. The van der Waals surface area contributed by atoms with Gasteiger partial charge in [0.25, 0.3) is 5.56 Å². The molecule has 0 bridgehead atoms. The Balaban J connectivity index is 2.29. The molecule has 0 amide bonds. The number of carboxylic acids is 1. The molecule has 92 valence electrons. The van der Waals surface area contributed by atoms with Gasteiger partial charge in [-0.05, 0) is 5.92 Å². The van der Waals surface area contributed by atoms with Crippen LogP contribution in [0.3, 0.4) is 0 Å². The van der Waals surface area contributed by atoms with Gasteiger partial charge in [-0.25, -0.2) is 4.98 Å². The van der Waals surface area contributed by atoms with Crippen molar-refractivity contribution in [2.75, 3.05) is 18.0 Å². The molecule has 1 aliphatic rings. The largest absolute Gasteiger partial charge is 0.481 e. The first-order valence-electron chi connectivity index (χ1n) is 5.50. The Labute approximate surface area is 98.5 Å². The van der Waals surface area contributed by atoms with Gasteiger partial charge >= 0.3 is 5.97 Å². The molecule has 0 aliphatic carbocycles. The fourth-order valence-electron chi connectivity index (χ4n) is 2.16. The molecule has 1 aromatic heterocycles. The van der Waals surface area contributed by atoms with Crippen LogP contribution in [0.15, 0.2) is 17.2 Å². The Kier molecular flexibility index (Phi) is 2.87. The molecule has 6 heteroatoms. The number of rotatable bonds is 2. The molecule has 6 nitrogen and oxygen atoms in total. The van der Waals surface area contributed by atoms with Crippen molar-refractivity contribution < 1.29 is 9.90 Å². The number of hydrogen-bond acceptors (Lipinski definition) is 4. The number of aromatic nitrogens is 2. The lowest BCUT2D eigenvalue weighted by molar-refractivity contribution is -0.142. The maximum Gasteiger partial charge on any atom is 0.308 e. The Morgan fingerprint density at radius 1 is 1.53 bits per heavy atom. The molecule has 0 saturated carbocycles. The van der Waals surface area contributed by atoms with E-state index >= 15 is 0 Å². The van der Waals surface area contributed by atoms with Gasteiger partial charge in [0.1, 0.15) is 0 Å². The van der Waals surface area contributed by atoms with E-state index in [0.29, 0.717) is 18.9 Å². The van der Waals surface area contributed by atoms with Crippen molar-refractivity contribution in [3.8, 4) is 0 Å². The fraction of sp³-hybridized carbons (Fsp3) is 0.545. The summed E-state index contributed by atoms with van der Waals surface area (Å²) in [7, 11) is 1.65. The molecule has 1 aliphatic heterocycles. The highest BCUT2D eigenvalue weighted by Crippen LogP contribution is 2.25. The van der Waals surface area contributed by atoms with Gasteiger partial charge in [-0.1, -0.05) is 6.92 Å². The van der Waals surface area contributed by atoms with Crippen molar-refractivity contribution in [3.63, 3.8) is 0 Å². The average molecular weight is 237 g/mol. The molecule has 2 heterocycles. The standard InChI is InChI=1S/C11H15N3O3/c1-7-5-14(6-8(7)11(16)17)9-10(15)13(2)4-3-12-9/h3-4,7-8H,5-6H2,1-2H3,(H,16,17)/t7-,8-/m1/s1. The summed E-state index contributed by atoms with van der Waals surface area (Å²) in [6, 6.07) is 0. The van der Waals surface area contributed by atoms with E-state index < -0.39 is 11.9 Å². The fourth-order valence-corrected chi connectivity index (χ4v) is 2.16. The molecule has 1 fully saturated rings. The molecular weight excluding hydrogens is 222 g/mol. The number of nitrogens with zero attached hydrogens (tertiary/aromatic N) is 3. The molecule has 0 unspecified atom stereocenters. The van der Waals surface area contributed by atoms with Crippen LogP contribution in [0.1, 0.15) is 6.92 Å². The van der Waals surface area contributed by atoms with Gasteiger partial charge in [-0.3, -0.25) is 9.59 Å². The van der Waals surface area contributed by atoms with Gasteiger partial charge < -0.3 is 14.6 Å². The lowest BCUT2D eigenvalue weighted by Gasteiger charge is -2.16. The van der Waals surface area contributed by atoms with Gasteiger partial charge in [-0.2, -0.15) is 0 Å². The van der Waals surface area contributed by atoms with Crippen LogP contribution in [0.25, 0.3) is 0 Å². The van der Waals surface area contributed by atoms with Crippen molar-refractivity contribution in [2.45, 2.75) is 6.92 Å². The van der Waals surface area contributed by atoms with Crippen molar-refractivity contribution >= 4 is 11.8 Å². The highest BCUT2D eigenvalue weighted by atomic mass is 16.4. The normalized spacial score (nSPS) is 24.0. The highest BCUT2D eigenvalue weighted by molar-refractivity contribution is 5.72. The van der Waals surface area contributed by atoms with Crippen molar-refractivity contribution in [3.05, 3.63) is 22.7 Å². The Hall–Kier alpha value is -1.85. The number of aryl methyl sites for hydroxylation is 1. The van der Waals surface area contributed by atoms with E-state index in [4.69, 9.17) is 5.11 Å². The second-order valence-corrected chi connectivity index (χ2v) is 4.49. The minimum absolute atomic E-state index is 0.0270. The van der Waals surface area contributed by atoms with E-state index in [2.05, 4.69) is 4.98 Å². The maximum absolute atomic E-state index is 11.9. The van der Waals surface area contributed by atoms with E-state index in [0.717, 1.165) is 0 Å². The molecule has 0 radical (unpaired) electrons. The summed E-state index contributed by atoms with van der Waals surface area (Å²) in [5.74, 6) is -0.876. The van der Waals surface area contributed by atoms with Gasteiger partial charge in [0.2, 0.25) is 0 Å². The third kappa shape index (κ3) is 2.02. The van der Waals surface area contributed by atoms with Gasteiger partial charge in [0.05, 0.1) is 5.92 Å². The number of anilines is 1. The molecule has 2 atom stereocenters. The van der Waals surface area contributed by atoms with Crippen LogP contribution in [-0.4, -0.2) is 33.7 Å². The molecule has 0 spiro atoms. The lowest BCUT2D eigenvalue weighted by atomic mass is 9.99. The van der Waals surface area contributed by atoms with Crippen LogP contribution < -0.4 is 10.5 Å². The molecule has 17 heavy (non-hydrogen) atoms. The Morgan fingerprint density at radius 3 is 2.82 bits per heavy atom. The van der Waals surface area contributed by atoms with E-state index in [9.17, 15) is 9.59 Å². The molecule has 2 rings (SSSR count). The van der Waals surface area contributed by atoms with E-state index in [1.54, 1.807) is 24.3 Å². The molecule has 1 aromatic rings. The Morgan fingerprint density at radius 2 is 2.24 bits per heavy atom. The van der Waals surface area contributed by atoms with Crippen LogP contribution >= 0.6 is 0 Å². The van der Waals surface area contributed by atoms with Gasteiger partial charge in [0.15, 0.2) is 5.82 Å². The molecular formula is C11H15N3O3. The third-order valence-electron chi connectivity index (χ3n) is 3.23. The van der Waals surface area contributed by atoms with Crippen molar-refractivity contribution in [1.82, 2.24) is 9.55 Å². The maximum atomic E-state index is 11.9. The minimum atomic E-state index is -0.812. The lowest BCUT2D eigenvalue weighted by Crippen LogP contribution is -2.31. The molecule has 1 N–H and O–H groups in total. The third-order valence-corrected chi connectivity index (χ3v) is 3.23. The first kappa shape index (κ1) is 11.6. The number of carbonyl (C=O) groups is 1. The predicted molar refractivity (Wildman–Crippen MR) is 62.0 cm³/mol. The Bertz CT molecular complexity index is 497. The number of aliphatic carboxylic acids is 1. The monoisotopic (exact) mass is 237 g/mol. The summed E-state index contributed by atoms with van der Waals surface area (Å²) in [4.78, 5) is 28.7. The van der Waals surface area contributed by atoms with Crippen molar-refractivity contribution in [2.24, 2.45) is 18.9 Å². The second-order valence-electron chi connectivity index (χ2n) is 4.49. The first-order chi connectivity index (χ1) is 8.00. The summed E-state index contributed by atoms with van der Waals surface area (Å²) in [5.41, 5.74) is -0.189. The first-order valence-corrected chi connectivity index (χ1v) is 5.50. The average Bonchev–Trinajstić information content (AvgIpc) is 2.64. The molecule has 0 aromatic carbocycles. The summed E-state index contributed by atoms with van der Waals surface area (Å²) in [6.45, 7) is 2.79. The number of hydrogen-bond donors (Lipinski definition) is 1. The van der Waals surface area contributed by atoms with Gasteiger partial charge in [0, 0.05) is 32.5 Å². The number of carboxylic acid groups (broad SMARTS) is 1. The minimum Gasteiger partial charge on any atom is -0.481 e. The summed E-state index contributed by atoms with van der Waals surface area (Å²) in [5, 5.41) is 9.04. The summed E-state index contributed by atoms with van der Waals surface area (Å²) in [6.07, 6.45) is 3.13. The van der Waals surface area contributed by atoms with Crippen LogP contribution in [0, 0.1) is 11.8 Å².